The van der Waals surface area contributed by atoms with Crippen LogP contribution >= 0.6 is 0 Å². The molecule has 5 heteroatoms. The Bertz CT molecular complexity index is 238. The predicted molar refractivity (Wildman–Crippen MR) is 54.8 cm³/mol. The van der Waals surface area contributed by atoms with Gasteiger partial charge in [0, 0.05) is 19.3 Å². The molecule has 0 heterocycles. The molecule has 0 aliphatic rings. The first-order valence-corrected chi connectivity index (χ1v) is 4.47. The van der Waals surface area contributed by atoms with E-state index >= 15 is 0 Å². The zero-order valence-corrected chi connectivity index (χ0v) is 8.89. The summed E-state index contributed by atoms with van der Waals surface area (Å²) in [5, 5.41) is 5.01. The number of carbonyl (C=O) groups excluding carboxylic acids is 2. The molecule has 0 aromatic heterocycles. The second kappa shape index (κ2) is 6.01. The number of imide groups is 1. The highest BCUT2D eigenvalue weighted by Crippen LogP contribution is 1.89. The molecule has 0 radical (unpaired) electrons. The van der Waals surface area contributed by atoms with Crippen molar-refractivity contribution >= 4 is 12.1 Å². The third-order valence-electron chi connectivity index (χ3n) is 1.46. The van der Waals surface area contributed by atoms with Crippen LogP contribution in [-0.4, -0.2) is 30.6 Å². The van der Waals surface area contributed by atoms with Crippen molar-refractivity contribution in [2.75, 3.05) is 13.6 Å². The Morgan fingerprint density at radius 1 is 1.36 bits per heavy atom. The molecule has 0 bridgehead atoms. The van der Waals surface area contributed by atoms with Crippen LogP contribution in [0.25, 0.3) is 0 Å². The zero-order valence-electron chi connectivity index (χ0n) is 8.89. The van der Waals surface area contributed by atoms with Crippen LogP contribution in [0.4, 0.5) is 9.59 Å². The standard InChI is InChI=1S/C9H17N3O2/c1-5-6-10-8(13)12(4)9(14)11-7(2)3/h2,5-6H2,1,3-4H3,(H,10,13)(H,11,14). The first-order chi connectivity index (χ1) is 6.49. The minimum absolute atomic E-state index is 0.411. The lowest BCUT2D eigenvalue weighted by molar-refractivity contribution is 0.196. The van der Waals surface area contributed by atoms with Gasteiger partial charge in [-0.2, -0.15) is 0 Å². The van der Waals surface area contributed by atoms with Gasteiger partial charge in [-0.15, -0.1) is 0 Å². The fraction of sp³-hybridized carbons (Fsp3) is 0.556. The van der Waals surface area contributed by atoms with Gasteiger partial charge in [0.2, 0.25) is 0 Å². The third kappa shape index (κ3) is 4.49. The van der Waals surface area contributed by atoms with Crippen LogP contribution < -0.4 is 10.6 Å². The van der Waals surface area contributed by atoms with Crippen LogP contribution in [0.1, 0.15) is 20.3 Å². The van der Waals surface area contributed by atoms with Crippen molar-refractivity contribution in [1.82, 2.24) is 15.5 Å². The Kier molecular flexibility index (Phi) is 5.36. The summed E-state index contributed by atoms with van der Waals surface area (Å²) in [6, 6.07) is -0.892. The predicted octanol–water partition coefficient (Wildman–Crippen LogP) is 1.28. The van der Waals surface area contributed by atoms with Crippen molar-refractivity contribution in [3.05, 3.63) is 12.3 Å². The number of nitrogens with zero attached hydrogens (tertiary/aromatic N) is 1. The molecule has 0 aromatic carbocycles. The van der Waals surface area contributed by atoms with E-state index in [4.69, 9.17) is 0 Å². The summed E-state index contributed by atoms with van der Waals surface area (Å²) >= 11 is 0. The van der Waals surface area contributed by atoms with Crippen LogP contribution in [0.2, 0.25) is 0 Å². The van der Waals surface area contributed by atoms with E-state index in [2.05, 4.69) is 17.2 Å². The molecule has 0 fully saturated rings. The van der Waals surface area contributed by atoms with Crippen molar-refractivity contribution < 1.29 is 9.59 Å². The van der Waals surface area contributed by atoms with E-state index in [9.17, 15) is 9.59 Å². The van der Waals surface area contributed by atoms with Gasteiger partial charge in [0.25, 0.3) is 0 Å². The lowest BCUT2D eigenvalue weighted by Crippen LogP contribution is -2.45. The molecule has 0 atom stereocenters. The summed E-state index contributed by atoms with van der Waals surface area (Å²) in [6.07, 6.45) is 0.835. The average molecular weight is 199 g/mol. The fourth-order valence-electron chi connectivity index (χ4n) is 0.709. The molecule has 0 aromatic rings. The first kappa shape index (κ1) is 12.5. The number of rotatable bonds is 3. The van der Waals surface area contributed by atoms with E-state index in [0.29, 0.717) is 12.2 Å². The summed E-state index contributed by atoms with van der Waals surface area (Å²) in [4.78, 5) is 23.5. The van der Waals surface area contributed by atoms with E-state index in [1.54, 1.807) is 6.92 Å². The molecule has 4 amide bonds. The molecule has 14 heavy (non-hydrogen) atoms. The fourth-order valence-corrected chi connectivity index (χ4v) is 0.709. The molecule has 0 aliphatic carbocycles. The second-order valence-electron chi connectivity index (χ2n) is 3.00. The highest BCUT2D eigenvalue weighted by atomic mass is 16.2. The number of allylic oxidation sites excluding steroid dienone is 1. The van der Waals surface area contributed by atoms with E-state index in [0.717, 1.165) is 11.3 Å². The Hall–Kier alpha value is -1.52. The summed E-state index contributed by atoms with van der Waals surface area (Å²) in [7, 11) is 1.41. The number of hydrogen-bond acceptors (Lipinski definition) is 2. The van der Waals surface area contributed by atoms with Crippen molar-refractivity contribution in [2.45, 2.75) is 20.3 Å². The van der Waals surface area contributed by atoms with Gasteiger partial charge in [0.1, 0.15) is 0 Å². The van der Waals surface area contributed by atoms with Crippen molar-refractivity contribution in [3.63, 3.8) is 0 Å². The zero-order chi connectivity index (χ0) is 11.1. The molecule has 0 saturated carbocycles. The lowest BCUT2D eigenvalue weighted by atomic mass is 10.5. The largest absolute Gasteiger partial charge is 0.338 e. The summed E-state index contributed by atoms with van der Waals surface area (Å²) in [6.45, 7) is 7.65. The Morgan fingerprint density at radius 3 is 2.36 bits per heavy atom. The highest BCUT2D eigenvalue weighted by molar-refractivity contribution is 5.93. The molecule has 0 spiro atoms. The van der Waals surface area contributed by atoms with Crippen molar-refractivity contribution in [2.24, 2.45) is 0 Å². The number of nitrogens with one attached hydrogen (secondary N) is 2. The van der Waals surface area contributed by atoms with Gasteiger partial charge in [-0.05, 0) is 13.3 Å². The van der Waals surface area contributed by atoms with Gasteiger partial charge in [-0.3, -0.25) is 0 Å². The first-order valence-electron chi connectivity index (χ1n) is 4.47. The van der Waals surface area contributed by atoms with Gasteiger partial charge in [-0.25, -0.2) is 14.5 Å². The van der Waals surface area contributed by atoms with Gasteiger partial charge < -0.3 is 10.6 Å². The maximum Gasteiger partial charge on any atom is 0.329 e. The van der Waals surface area contributed by atoms with Gasteiger partial charge in [-0.1, -0.05) is 13.5 Å². The van der Waals surface area contributed by atoms with Crippen molar-refractivity contribution in [3.8, 4) is 0 Å². The summed E-state index contributed by atoms with van der Waals surface area (Å²) in [5.41, 5.74) is 0.505. The Morgan fingerprint density at radius 2 is 1.93 bits per heavy atom. The molecule has 0 unspecified atom stereocenters. The smallest absolute Gasteiger partial charge is 0.329 e. The van der Waals surface area contributed by atoms with Crippen LogP contribution in [0.15, 0.2) is 12.3 Å². The molecule has 80 valence electrons. The maximum atomic E-state index is 11.3. The quantitative estimate of drug-likeness (QED) is 0.719. The number of urea groups is 2. The minimum Gasteiger partial charge on any atom is -0.338 e. The molecule has 0 aliphatic heterocycles. The summed E-state index contributed by atoms with van der Waals surface area (Å²) in [5.74, 6) is 0. The molecular weight excluding hydrogens is 182 g/mol. The van der Waals surface area contributed by atoms with E-state index in [-0.39, 0.29) is 0 Å². The SMILES string of the molecule is C=C(C)NC(=O)N(C)C(=O)NCCC. The van der Waals surface area contributed by atoms with Crippen LogP contribution in [0.3, 0.4) is 0 Å². The van der Waals surface area contributed by atoms with Gasteiger partial charge >= 0.3 is 12.1 Å². The van der Waals surface area contributed by atoms with Crippen LogP contribution in [0.5, 0.6) is 0 Å². The molecule has 5 nitrogen and oxygen atoms in total. The van der Waals surface area contributed by atoms with E-state index in [1.807, 2.05) is 6.92 Å². The number of carbonyl (C=O) groups is 2. The Balaban J connectivity index is 4.04. The topological polar surface area (TPSA) is 61.4 Å². The third-order valence-corrected chi connectivity index (χ3v) is 1.46. The molecule has 2 N–H and O–H groups in total. The van der Waals surface area contributed by atoms with Crippen LogP contribution in [0, 0.1) is 0 Å². The maximum absolute atomic E-state index is 11.3. The minimum atomic E-state index is -0.480. The van der Waals surface area contributed by atoms with E-state index in [1.165, 1.54) is 7.05 Å². The van der Waals surface area contributed by atoms with Gasteiger partial charge in [0.05, 0.1) is 0 Å². The van der Waals surface area contributed by atoms with Crippen molar-refractivity contribution in [1.29, 1.82) is 0 Å². The molecule has 0 saturated heterocycles. The monoisotopic (exact) mass is 199 g/mol. The second-order valence-corrected chi connectivity index (χ2v) is 3.00. The Labute approximate surface area is 84.2 Å². The van der Waals surface area contributed by atoms with E-state index < -0.39 is 12.1 Å². The lowest BCUT2D eigenvalue weighted by Gasteiger charge is -2.16. The number of amides is 4. The molecule has 0 rings (SSSR count). The normalized spacial score (nSPS) is 9.07. The average Bonchev–Trinajstić information content (AvgIpc) is 2.11. The summed E-state index contributed by atoms with van der Waals surface area (Å²) < 4.78 is 0. The highest BCUT2D eigenvalue weighted by Gasteiger charge is 2.15. The van der Waals surface area contributed by atoms with Crippen LogP contribution in [-0.2, 0) is 0 Å². The number of hydrogen-bond donors (Lipinski definition) is 2. The van der Waals surface area contributed by atoms with Gasteiger partial charge in [0.15, 0.2) is 0 Å². The molecular formula is C9H17N3O2.